The van der Waals surface area contributed by atoms with Gasteiger partial charge in [0.2, 0.25) is 0 Å². The van der Waals surface area contributed by atoms with E-state index in [1.807, 2.05) is 0 Å². The molecule has 1 aromatic rings. The van der Waals surface area contributed by atoms with E-state index < -0.39 is 0 Å². The minimum atomic E-state index is 0.402. The molecule has 0 amide bonds. The Bertz CT molecular complexity index is 362. The minimum absolute atomic E-state index is 0.402. The first-order chi connectivity index (χ1) is 8.22. The van der Waals surface area contributed by atoms with Crippen LogP contribution in [-0.2, 0) is 0 Å². The van der Waals surface area contributed by atoms with Crippen LogP contribution < -0.4 is 5.73 Å². The molecule has 2 N–H and O–H groups in total. The number of rotatable bonds is 3. The molecule has 17 heavy (non-hydrogen) atoms. The summed E-state index contributed by atoms with van der Waals surface area (Å²) in [6.45, 7) is 7.64. The van der Waals surface area contributed by atoms with Crippen molar-refractivity contribution in [3.05, 3.63) is 35.4 Å². The molecular weight excluding hydrogens is 208 g/mol. The van der Waals surface area contributed by atoms with Gasteiger partial charge in [0.25, 0.3) is 0 Å². The highest BCUT2D eigenvalue weighted by molar-refractivity contribution is 5.29. The van der Waals surface area contributed by atoms with Crippen molar-refractivity contribution in [1.29, 1.82) is 0 Å². The highest BCUT2D eigenvalue weighted by atomic mass is 15.2. The van der Waals surface area contributed by atoms with Gasteiger partial charge < -0.3 is 5.73 Å². The molecule has 0 spiro atoms. The topological polar surface area (TPSA) is 29.3 Å². The summed E-state index contributed by atoms with van der Waals surface area (Å²) in [7, 11) is 0. The molecule has 1 heterocycles. The Kier molecular flexibility index (Phi) is 4.19. The molecule has 1 aromatic carbocycles. The monoisotopic (exact) mass is 232 g/mol. The minimum Gasteiger partial charge on any atom is -0.329 e. The molecule has 1 fully saturated rings. The lowest BCUT2D eigenvalue weighted by Gasteiger charge is -2.37. The molecule has 0 saturated carbocycles. The van der Waals surface area contributed by atoms with Crippen molar-refractivity contribution in [3.8, 4) is 0 Å². The number of nitrogens with zero attached hydrogens (tertiary/aromatic N) is 1. The zero-order chi connectivity index (χ0) is 12.3. The zero-order valence-corrected chi connectivity index (χ0v) is 11.0. The van der Waals surface area contributed by atoms with E-state index in [0.717, 1.165) is 12.5 Å². The van der Waals surface area contributed by atoms with Gasteiger partial charge >= 0.3 is 0 Å². The van der Waals surface area contributed by atoms with Crippen molar-refractivity contribution in [2.24, 2.45) is 11.7 Å². The fraction of sp³-hybridized carbons (Fsp3) is 0.600. The Morgan fingerprint density at radius 1 is 1.41 bits per heavy atom. The summed E-state index contributed by atoms with van der Waals surface area (Å²) in [4.78, 5) is 2.57. The van der Waals surface area contributed by atoms with Crippen molar-refractivity contribution >= 4 is 0 Å². The maximum atomic E-state index is 6.01. The second-order valence-corrected chi connectivity index (χ2v) is 5.35. The highest BCUT2D eigenvalue weighted by Crippen LogP contribution is 2.27. The molecule has 2 rings (SSSR count). The summed E-state index contributed by atoms with van der Waals surface area (Å²) in [5.74, 6) is 0.807. The molecule has 1 aliphatic rings. The number of piperidine rings is 1. The van der Waals surface area contributed by atoms with E-state index in [1.54, 1.807) is 0 Å². The van der Waals surface area contributed by atoms with Gasteiger partial charge in [0.15, 0.2) is 0 Å². The van der Waals surface area contributed by atoms with Crippen LogP contribution in [0.5, 0.6) is 0 Å². The molecule has 1 aliphatic heterocycles. The lowest BCUT2D eigenvalue weighted by molar-refractivity contribution is 0.133. The van der Waals surface area contributed by atoms with Gasteiger partial charge in [0, 0.05) is 19.1 Å². The summed E-state index contributed by atoms with van der Waals surface area (Å²) >= 11 is 0. The Balaban J connectivity index is 2.18. The Hall–Kier alpha value is -0.860. The summed E-state index contributed by atoms with van der Waals surface area (Å²) in [5.41, 5.74) is 8.78. The quantitative estimate of drug-likeness (QED) is 0.868. The lowest BCUT2D eigenvalue weighted by atomic mass is 9.94. The van der Waals surface area contributed by atoms with E-state index >= 15 is 0 Å². The molecule has 0 aromatic heterocycles. The van der Waals surface area contributed by atoms with E-state index in [2.05, 4.69) is 43.0 Å². The van der Waals surface area contributed by atoms with Gasteiger partial charge in [-0.15, -0.1) is 0 Å². The van der Waals surface area contributed by atoms with Crippen molar-refractivity contribution in [2.75, 3.05) is 19.6 Å². The third-order valence-electron chi connectivity index (χ3n) is 3.90. The number of aryl methyl sites for hydroxylation is 1. The van der Waals surface area contributed by atoms with Crippen molar-refractivity contribution in [2.45, 2.75) is 32.7 Å². The van der Waals surface area contributed by atoms with Crippen LogP contribution in [0.3, 0.4) is 0 Å². The summed E-state index contributed by atoms with van der Waals surface area (Å²) in [6.07, 6.45) is 2.67. The Labute approximate surface area is 105 Å². The number of likely N-dealkylation sites (tertiary alicyclic amines) is 1. The maximum Gasteiger partial charge on any atom is 0.0473 e. The van der Waals surface area contributed by atoms with Gasteiger partial charge in [-0.2, -0.15) is 0 Å². The van der Waals surface area contributed by atoms with Gasteiger partial charge in [-0.1, -0.05) is 31.2 Å². The number of nitrogens with two attached hydrogens (primary N) is 1. The molecule has 2 nitrogen and oxygen atoms in total. The van der Waals surface area contributed by atoms with E-state index in [-0.39, 0.29) is 0 Å². The van der Waals surface area contributed by atoms with Crippen LogP contribution in [0.2, 0.25) is 0 Å². The molecule has 2 atom stereocenters. The first-order valence-corrected chi connectivity index (χ1v) is 6.72. The van der Waals surface area contributed by atoms with Crippen molar-refractivity contribution in [3.63, 3.8) is 0 Å². The number of hydrogen-bond acceptors (Lipinski definition) is 2. The van der Waals surface area contributed by atoms with E-state index in [4.69, 9.17) is 5.73 Å². The van der Waals surface area contributed by atoms with Gasteiger partial charge in [0.1, 0.15) is 0 Å². The van der Waals surface area contributed by atoms with Crippen LogP contribution in [0, 0.1) is 12.8 Å². The predicted octanol–water partition coefficient (Wildman–Crippen LogP) is 2.73. The van der Waals surface area contributed by atoms with Crippen LogP contribution in [0.4, 0.5) is 0 Å². The number of benzene rings is 1. The molecule has 0 unspecified atom stereocenters. The smallest absolute Gasteiger partial charge is 0.0473 e. The van der Waals surface area contributed by atoms with Gasteiger partial charge in [-0.3, -0.25) is 4.90 Å². The predicted molar refractivity (Wildman–Crippen MR) is 72.9 cm³/mol. The largest absolute Gasteiger partial charge is 0.329 e. The van der Waals surface area contributed by atoms with Gasteiger partial charge in [-0.05, 0) is 43.4 Å². The molecule has 1 saturated heterocycles. The molecule has 0 aliphatic carbocycles. The summed E-state index contributed by atoms with van der Waals surface area (Å²) in [6, 6.07) is 9.04. The Morgan fingerprint density at radius 2 is 2.18 bits per heavy atom. The van der Waals surface area contributed by atoms with Crippen LogP contribution in [0.1, 0.15) is 36.9 Å². The molecule has 2 heteroatoms. The van der Waals surface area contributed by atoms with Crippen LogP contribution in [0.15, 0.2) is 24.3 Å². The highest BCUT2D eigenvalue weighted by Gasteiger charge is 2.24. The zero-order valence-electron chi connectivity index (χ0n) is 11.0. The summed E-state index contributed by atoms with van der Waals surface area (Å²) in [5, 5.41) is 0. The Morgan fingerprint density at radius 3 is 2.82 bits per heavy atom. The van der Waals surface area contributed by atoms with Crippen LogP contribution >= 0.6 is 0 Å². The van der Waals surface area contributed by atoms with Crippen molar-refractivity contribution < 1.29 is 0 Å². The van der Waals surface area contributed by atoms with E-state index in [1.165, 1.54) is 37.1 Å². The number of hydrogen-bond donors (Lipinski definition) is 1. The average molecular weight is 232 g/mol. The van der Waals surface area contributed by atoms with Crippen LogP contribution in [-0.4, -0.2) is 24.5 Å². The third kappa shape index (κ3) is 2.88. The molecule has 0 radical (unpaired) electrons. The average Bonchev–Trinajstić information content (AvgIpc) is 2.33. The van der Waals surface area contributed by atoms with E-state index in [9.17, 15) is 0 Å². The molecular formula is C15H24N2. The van der Waals surface area contributed by atoms with E-state index in [0.29, 0.717) is 6.04 Å². The normalized spacial score (nSPS) is 23.6. The maximum absolute atomic E-state index is 6.01. The second-order valence-electron chi connectivity index (χ2n) is 5.35. The first kappa shape index (κ1) is 12.6. The van der Waals surface area contributed by atoms with Gasteiger partial charge in [0.05, 0.1) is 0 Å². The fourth-order valence-corrected chi connectivity index (χ4v) is 2.94. The molecule has 0 bridgehead atoms. The third-order valence-corrected chi connectivity index (χ3v) is 3.90. The standard InChI is InChI=1S/C15H24N2/c1-12-6-5-9-17(11-12)15(10-16)14-8-4-3-7-13(14)2/h3-4,7-8,12,15H,5-6,9-11,16H2,1-2H3/t12-,15-/m0/s1. The summed E-state index contributed by atoms with van der Waals surface area (Å²) < 4.78 is 0. The fourth-order valence-electron chi connectivity index (χ4n) is 2.94. The second kappa shape index (κ2) is 5.65. The lowest BCUT2D eigenvalue weighted by Crippen LogP contribution is -2.40. The first-order valence-electron chi connectivity index (χ1n) is 6.72. The van der Waals surface area contributed by atoms with Crippen LogP contribution in [0.25, 0.3) is 0 Å². The van der Waals surface area contributed by atoms with Crippen molar-refractivity contribution in [1.82, 2.24) is 4.90 Å². The molecule has 94 valence electrons. The SMILES string of the molecule is Cc1ccccc1[C@H](CN)N1CCC[C@H](C)C1. The van der Waals surface area contributed by atoms with Gasteiger partial charge in [-0.25, -0.2) is 0 Å².